The van der Waals surface area contributed by atoms with E-state index in [1.54, 1.807) is 0 Å². The van der Waals surface area contributed by atoms with Crippen molar-refractivity contribution in [2.45, 2.75) is 57.9 Å². The normalized spacial score (nSPS) is 25.8. The molecule has 1 fully saturated rings. The van der Waals surface area contributed by atoms with Crippen molar-refractivity contribution in [2.24, 2.45) is 5.92 Å². The molecule has 3 heteroatoms. The molecule has 1 amide bonds. The van der Waals surface area contributed by atoms with Crippen LogP contribution in [0.15, 0.2) is 18.2 Å². The maximum atomic E-state index is 11.4. The lowest BCUT2D eigenvalue weighted by Gasteiger charge is -2.29. The van der Waals surface area contributed by atoms with E-state index in [-0.39, 0.29) is 5.91 Å². The fourth-order valence-corrected chi connectivity index (χ4v) is 3.42. The number of nitrogens with one attached hydrogen (secondary N) is 2. The zero-order valence-electron chi connectivity index (χ0n) is 12.2. The SMILES string of the molecule is CCC1CCC(Nc2ccc3c(c2)CCC(=O)N3)CC1. The number of rotatable bonds is 3. The molecular formula is C17H24N2O. The van der Waals surface area contributed by atoms with Gasteiger partial charge in [-0.2, -0.15) is 0 Å². The van der Waals surface area contributed by atoms with Crippen molar-refractivity contribution >= 4 is 17.3 Å². The zero-order chi connectivity index (χ0) is 13.9. The van der Waals surface area contributed by atoms with E-state index >= 15 is 0 Å². The summed E-state index contributed by atoms with van der Waals surface area (Å²) in [6, 6.07) is 6.96. The summed E-state index contributed by atoms with van der Waals surface area (Å²) in [5.74, 6) is 1.07. The topological polar surface area (TPSA) is 41.1 Å². The number of carbonyl (C=O) groups is 1. The fourth-order valence-electron chi connectivity index (χ4n) is 3.42. The molecule has 3 rings (SSSR count). The van der Waals surface area contributed by atoms with Gasteiger partial charge in [-0.1, -0.05) is 13.3 Å². The third-order valence-corrected chi connectivity index (χ3v) is 4.80. The van der Waals surface area contributed by atoms with Crippen LogP contribution < -0.4 is 10.6 Å². The van der Waals surface area contributed by atoms with Crippen LogP contribution in [-0.4, -0.2) is 11.9 Å². The highest BCUT2D eigenvalue weighted by molar-refractivity contribution is 5.94. The van der Waals surface area contributed by atoms with Crippen molar-refractivity contribution < 1.29 is 4.79 Å². The smallest absolute Gasteiger partial charge is 0.224 e. The van der Waals surface area contributed by atoms with Crippen LogP contribution in [-0.2, 0) is 11.2 Å². The van der Waals surface area contributed by atoms with Crippen LogP contribution in [0.2, 0.25) is 0 Å². The number of hydrogen-bond acceptors (Lipinski definition) is 2. The van der Waals surface area contributed by atoms with Gasteiger partial charge in [0.2, 0.25) is 5.91 Å². The first-order chi connectivity index (χ1) is 9.74. The number of anilines is 2. The average molecular weight is 272 g/mol. The molecule has 108 valence electrons. The molecule has 0 bridgehead atoms. The molecule has 0 aromatic heterocycles. The van der Waals surface area contributed by atoms with Gasteiger partial charge in [-0.15, -0.1) is 0 Å². The summed E-state index contributed by atoms with van der Waals surface area (Å²) in [5.41, 5.74) is 3.46. The highest BCUT2D eigenvalue weighted by atomic mass is 16.1. The number of fused-ring (bicyclic) bond motifs is 1. The molecular weight excluding hydrogens is 248 g/mol. The van der Waals surface area contributed by atoms with Gasteiger partial charge >= 0.3 is 0 Å². The van der Waals surface area contributed by atoms with Crippen molar-refractivity contribution in [1.82, 2.24) is 0 Å². The molecule has 1 aliphatic carbocycles. The second-order valence-electron chi connectivity index (χ2n) is 6.19. The van der Waals surface area contributed by atoms with Gasteiger partial charge in [0.25, 0.3) is 0 Å². The second-order valence-corrected chi connectivity index (χ2v) is 6.19. The highest BCUT2D eigenvalue weighted by Gasteiger charge is 2.20. The molecule has 1 heterocycles. The first-order valence-electron chi connectivity index (χ1n) is 7.94. The average Bonchev–Trinajstić information content (AvgIpc) is 2.48. The summed E-state index contributed by atoms with van der Waals surface area (Å²) in [6.07, 6.45) is 8.07. The largest absolute Gasteiger partial charge is 0.382 e. The predicted molar refractivity (Wildman–Crippen MR) is 83.1 cm³/mol. The van der Waals surface area contributed by atoms with E-state index in [0.29, 0.717) is 12.5 Å². The maximum absolute atomic E-state index is 11.4. The monoisotopic (exact) mass is 272 g/mol. The van der Waals surface area contributed by atoms with Gasteiger partial charge in [-0.3, -0.25) is 4.79 Å². The Labute approximate surface area is 121 Å². The van der Waals surface area contributed by atoms with E-state index in [9.17, 15) is 4.79 Å². The van der Waals surface area contributed by atoms with Gasteiger partial charge in [-0.25, -0.2) is 0 Å². The number of amides is 1. The standard InChI is InChI=1S/C17H24N2O/c1-2-12-3-6-14(7-4-12)18-15-8-9-16-13(11-15)5-10-17(20)19-16/h8-9,11-12,14,18H,2-7,10H2,1H3,(H,19,20). The Bertz CT molecular complexity index is 490. The molecule has 1 aromatic carbocycles. The van der Waals surface area contributed by atoms with Gasteiger partial charge in [0, 0.05) is 23.8 Å². The minimum absolute atomic E-state index is 0.135. The van der Waals surface area contributed by atoms with Gasteiger partial charge in [0.1, 0.15) is 0 Å². The zero-order valence-corrected chi connectivity index (χ0v) is 12.2. The van der Waals surface area contributed by atoms with Crippen LogP contribution in [0.25, 0.3) is 0 Å². The molecule has 0 saturated heterocycles. The van der Waals surface area contributed by atoms with E-state index < -0.39 is 0 Å². The van der Waals surface area contributed by atoms with E-state index in [4.69, 9.17) is 0 Å². The Hall–Kier alpha value is -1.51. The summed E-state index contributed by atoms with van der Waals surface area (Å²) in [5, 5.41) is 6.61. The summed E-state index contributed by atoms with van der Waals surface area (Å²) in [4.78, 5) is 11.4. The molecule has 0 radical (unpaired) electrons. The lowest BCUT2D eigenvalue weighted by molar-refractivity contribution is -0.116. The first kappa shape index (κ1) is 13.5. The van der Waals surface area contributed by atoms with Crippen LogP contribution in [0.4, 0.5) is 11.4 Å². The maximum Gasteiger partial charge on any atom is 0.224 e. The highest BCUT2D eigenvalue weighted by Crippen LogP contribution is 2.30. The number of carbonyl (C=O) groups excluding carboxylic acids is 1. The van der Waals surface area contributed by atoms with E-state index in [1.165, 1.54) is 43.4 Å². The summed E-state index contributed by atoms with van der Waals surface area (Å²) in [7, 11) is 0. The van der Waals surface area contributed by atoms with E-state index in [0.717, 1.165) is 18.0 Å². The van der Waals surface area contributed by atoms with Gasteiger partial charge in [0.05, 0.1) is 0 Å². The number of benzene rings is 1. The lowest BCUT2D eigenvalue weighted by atomic mass is 9.84. The van der Waals surface area contributed by atoms with Crippen LogP contribution in [0.1, 0.15) is 51.0 Å². The second kappa shape index (κ2) is 5.86. The van der Waals surface area contributed by atoms with Crippen LogP contribution in [0.3, 0.4) is 0 Å². The quantitative estimate of drug-likeness (QED) is 0.874. The number of aryl methyl sites for hydroxylation is 1. The Kier molecular flexibility index (Phi) is 3.95. The lowest BCUT2D eigenvalue weighted by Crippen LogP contribution is -2.26. The number of hydrogen-bond donors (Lipinski definition) is 2. The van der Waals surface area contributed by atoms with Gasteiger partial charge in [-0.05, 0) is 61.8 Å². The molecule has 1 saturated carbocycles. The van der Waals surface area contributed by atoms with Gasteiger partial charge in [0.15, 0.2) is 0 Å². The molecule has 20 heavy (non-hydrogen) atoms. The first-order valence-corrected chi connectivity index (χ1v) is 7.94. The van der Waals surface area contributed by atoms with Crippen molar-refractivity contribution in [3.63, 3.8) is 0 Å². The van der Waals surface area contributed by atoms with Crippen molar-refractivity contribution in [2.75, 3.05) is 10.6 Å². The third kappa shape index (κ3) is 2.97. The molecule has 0 unspecified atom stereocenters. The van der Waals surface area contributed by atoms with Crippen molar-refractivity contribution in [3.05, 3.63) is 23.8 Å². The predicted octanol–water partition coefficient (Wildman–Crippen LogP) is 3.95. The van der Waals surface area contributed by atoms with Crippen LogP contribution in [0, 0.1) is 5.92 Å². The molecule has 0 atom stereocenters. The van der Waals surface area contributed by atoms with Crippen LogP contribution >= 0.6 is 0 Å². The molecule has 3 nitrogen and oxygen atoms in total. The summed E-state index contributed by atoms with van der Waals surface area (Å²) >= 11 is 0. The Morgan fingerprint density at radius 3 is 2.75 bits per heavy atom. The summed E-state index contributed by atoms with van der Waals surface area (Å²) in [6.45, 7) is 2.30. The van der Waals surface area contributed by atoms with Crippen molar-refractivity contribution in [1.29, 1.82) is 0 Å². The molecule has 1 aromatic rings. The Morgan fingerprint density at radius 1 is 1.20 bits per heavy atom. The molecule has 2 N–H and O–H groups in total. The van der Waals surface area contributed by atoms with E-state index in [1.807, 2.05) is 6.07 Å². The van der Waals surface area contributed by atoms with E-state index in [2.05, 4.69) is 29.7 Å². The molecule has 1 aliphatic heterocycles. The van der Waals surface area contributed by atoms with Crippen molar-refractivity contribution in [3.8, 4) is 0 Å². The fraction of sp³-hybridized carbons (Fsp3) is 0.588. The summed E-state index contributed by atoms with van der Waals surface area (Å²) < 4.78 is 0. The minimum atomic E-state index is 0.135. The van der Waals surface area contributed by atoms with Gasteiger partial charge < -0.3 is 10.6 Å². The van der Waals surface area contributed by atoms with Crippen LogP contribution in [0.5, 0.6) is 0 Å². The third-order valence-electron chi connectivity index (χ3n) is 4.80. The minimum Gasteiger partial charge on any atom is -0.382 e. The molecule has 2 aliphatic rings. The molecule has 0 spiro atoms. The Morgan fingerprint density at radius 2 is 2.00 bits per heavy atom. The Balaban J connectivity index is 1.62.